The van der Waals surface area contributed by atoms with E-state index in [0.29, 0.717) is 0 Å². The van der Waals surface area contributed by atoms with Crippen LogP contribution in [0.1, 0.15) is 29.2 Å². The Bertz CT molecular complexity index is 713. The molecule has 0 aromatic heterocycles. The van der Waals surface area contributed by atoms with Crippen LogP contribution in [0.4, 0.5) is 0 Å². The summed E-state index contributed by atoms with van der Waals surface area (Å²) in [5.74, 6) is -1.12. The van der Waals surface area contributed by atoms with E-state index in [0.717, 1.165) is 21.6 Å². The van der Waals surface area contributed by atoms with E-state index in [-0.39, 0.29) is 18.7 Å². The van der Waals surface area contributed by atoms with Gasteiger partial charge in [-0.3, -0.25) is 9.59 Å². The third kappa shape index (κ3) is 5.13. The number of aryl methyl sites for hydroxylation is 1. The summed E-state index contributed by atoms with van der Waals surface area (Å²) < 4.78 is 0. The first-order valence-corrected chi connectivity index (χ1v) is 8.91. The van der Waals surface area contributed by atoms with Crippen molar-refractivity contribution >= 4 is 23.6 Å². The molecule has 2 N–H and O–H groups in total. The number of thioether (sulfide) groups is 1. The maximum absolute atomic E-state index is 12.3. The highest BCUT2D eigenvalue weighted by molar-refractivity contribution is 7.98. The number of hydrogen-bond donors (Lipinski definition) is 2. The van der Waals surface area contributed by atoms with Gasteiger partial charge in [0.2, 0.25) is 5.91 Å². The zero-order chi connectivity index (χ0) is 17.5. The predicted molar refractivity (Wildman–Crippen MR) is 96.2 cm³/mol. The number of aliphatic carboxylic acids is 1. The molecular formula is C19H21NO3S. The molecule has 0 bridgehead atoms. The smallest absolute Gasteiger partial charge is 0.305 e. The Hall–Kier alpha value is -2.27. The fraction of sp³-hybridized carbons (Fsp3) is 0.263. The second-order valence-electron chi connectivity index (χ2n) is 5.59. The first-order chi connectivity index (χ1) is 11.5. The summed E-state index contributed by atoms with van der Waals surface area (Å²) in [7, 11) is 0. The van der Waals surface area contributed by atoms with E-state index in [1.807, 2.05) is 61.7 Å². The Morgan fingerprint density at radius 1 is 1.12 bits per heavy atom. The lowest BCUT2D eigenvalue weighted by molar-refractivity contribution is -0.137. The monoisotopic (exact) mass is 343 g/mol. The molecule has 0 aliphatic rings. The van der Waals surface area contributed by atoms with E-state index >= 15 is 0 Å². The molecule has 0 radical (unpaired) electrons. The third-order valence-electron chi connectivity index (χ3n) is 3.84. The van der Waals surface area contributed by atoms with Crippen molar-refractivity contribution in [3.63, 3.8) is 0 Å². The van der Waals surface area contributed by atoms with Gasteiger partial charge in [0.15, 0.2) is 0 Å². The number of rotatable bonds is 7. The highest BCUT2D eigenvalue weighted by atomic mass is 32.2. The van der Waals surface area contributed by atoms with E-state index in [1.54, 1.807) is 11.8 Å². The molecule has 4 nitrogen and oxygen atoms in total. The normalized spacial score (nSPS) is 11.8. The average molecular weight is 343 g/mol. The van der Waals surface area contributed by atoms with E-state index < -0.39 is 12.0 Å². The van der Waals surface area contributed by atoms with Crippen molar-refractivity contribution in [2.75, 3.05) is 6.26 Å². The van der Waals surface area contributed by atoms with Crippen molar-refractivity contribution in [1.82, 2.24) is 5.32 Å². The molecular weight excluding hydrogens is 322 g/mol. The Morgan fingerprint density at radius 3 is 2.38 bits per heavy atom. The number of hydrogen-bond acceptors (Lipinski definition) is 3. The van der Waals surface area contributed by atoms with Crippen molar-refractivity contribution in [1.29, 1.82) is 0 Å². The van der Waals surface area contributed by atoms with E-state index in [2.05, 4.69) is 5.32 Å². The molecule has 2 rings (SSSR count). The lowest BCUT2D eigenvalue weighted by Crippen LogP contribution is -2.31. The minimum Gasteiger partial charge on any atom is -0.481 e. The molecule has 0 aliphatic carbocycles. The van der Waals surface area contributed by atoms with Crippen LogP contribution in [-0.4, -0.2) is 23.2 Å². The number of carboxylic acids is 1. The Labute approximate surface area is 146 Å². The highest BCUT2D eigenvalue weighted by Crippen LogP contribution is 2.21. The molecule has 0 aliphatic heterocycles. The highest BCUT2D eigenvalue weighted by Gasteiger charge is 2.18. The quantitative estimate of drug-likeness (QED) is 0.754. The lowest BCUT2D eigenvalue weighted by atomic mass is 10.0. The lowest BCUT2D eigenvalue weighted by Gasteiger charge is -2.18. The third-order valence-corrected chi connectivity index (χ3v) is 4.59. The number of carbonyl (C=O) groups is 2. The summed E-state index contributed by atoms with van der Waals surface area (Å²) in [6, 6.07) is 14.8. The summed E-state index contributed by atoms with van der Waals surface area (Å²) in [4.78, 5) is 24.6. The van der Waals surface area contributed by atoms with Crippen molar-refractivity contribution in [2.24, 2.45) is 0 Å². The largest absolute Gasteiger partial charge is 0.481 e. The standard InChI is InChI=1S/C19H21NO3S/c1-13-5-3-4-6-15(13)11-18(21)20-17(12-19(22)23)14-7-9-16(24-2)10-8-14/h3-10,17H,11-12H2,1-2H3,(H,20,21)(H,22,23). The Kier molecular flexibility index (Phi) is 6.44. The zero-order valence-corrected chi connectivity index (χ0v) is 14.6. The van der Waals surface area contributed by atoms with Gasteiger partial charge in [-0.15, -0.1) is 11.8 Å². The first kappa shape index (κ1) is 18.1. The van der Waals surface area contributed by atoms with Crippen molar-refractivity contribution in [3.8, 4) is 0 Å². The number of amides is 1. The molecule has 0 saturated carbocycles. The van der Waals surface area contributed by atoms with Crippen LogP contribution in [0, 0.1) is 6.92 Å². The molecule has 0 saturated heterocycles. The number of carbonyl (C=O) groups excluding carboxylic acids is 1. The number of benzene rings is 2. The van der Waals surface area contributed by atoms with E-state index in [9.17, 15) is 9.59 Å². The van der Waals surface area contributed by atoms with Gasteiger partial charge in [0.1, 0.15) is 0 Å². The second kappa shape index (κ2) is 8.55. The van der Waals surface area contributed by atoms with E-state index in [1.165, 1.54) is 0 Å². The van der Waals surface area contributed by atoms with Crippen LogP contribution in [-0.2, 0) is 16.0 Å². The Morgan fingerprint density at radius 2 is 1.79 bits per heavy atom. The summed E-state index contributed by atoms with van der Waals surface area (Å²) in [5, 5.41) is 12.0. The van der Waals surface area contributed by atoms with Crippen molar-refractivity contribution in [3.05, 3.63) is 65.2 Å². The Balaban J connectivity index is 2.11. The molecule has 2 aromatic carbocycles. The number of carboxylic acid groups (broad SMARTS) is 1. The minimum absolute atomic E-state index is 0.141. The summed E-state index contributed by atoms with van der Waals surface area (Å²) in [5.41, 5.74) is 2.79. The summed E-state index contributed by atoms with van der Waals surface area (Å²) in [6.45, 7) is 1.96. The van der Waals surface area contributed by atoms with Crippen LogP contribution in [0.3, 0.4) is 0 Å². The van der Waals surface area contributed by atoms with Gasteiger partial charge < -0.3 is 10.4 Å². The first-order valence-electron chi connectivity index (χ1n) is 7.69. The van der Waals surface area contributed by atoms with Gasteiger partial charge in [0.25, 0.3) is 0 Å². The van der Waals surface area contributed by atoms with E-state index in [4.69, 9.17) is 5.11 Å². The van der Waals surface area contributed by atoms with Gasteiger partial charge in [0, 0.05) is 4.90 Å². The summed E-state index contributed by atoms with van der Waals surface area (Å²) >= 11 is 1.62. The van der Waals surface area contributed by atoms with Gasteiger partial charge >= 0.3 is 5.97 Å². The molecule has 1 atom stereocenters. The SMILES string of the molecule is CSc1ccc(C(CC(=O)O)NC(=O)Cc2ccccc2C)cc1. The van der Waals surface area contributed by atoms with Gasteiger partial charge in [-0.05, 0) is 42.0 Å². The zero-order valence-electron chi connectivity index (χ0n) is 13.8. The second-order valence-corrected chi connectivity index (χ2v) is 6.47. The summed E-state index contributed by atoms with van der Waals surface area (Å²) in [6.07, 6.45) is 2.08. The van der Waals surface area contributed by atoms with Gasteiger partial charge in [-0.25, -0.2) is 0 Å². The topological polar surface area (TPSA) is 66.4 Å². The van der Waals surface area contributed by atoms with Crippen LogP contribution >= 0.6 is 11.8 Å². The van der Waals surface area contributed by atoms with Crippen LogP contribution in [0.15, 0.2) is 53.4 Å². The molecule has 2 aromatic rings. The minimum atomic E-state index is -0.940. The fourth-order valence-corrected chi connectivity index (χ4v) is 2.90. The van der Waals surface area contributed by atoms with Gasteiger partial charge in [-0.1, -0.05) is 36.4 Å². The fourth-order valence-electron chi connectivity index (χ4n) is 2.49. The predicted octanol–water partition coefficient (Wildman–Crippen LogP) is 3.59. The molecule has 126 valence electrons. The molecule has 0 spiro atoms. The van der Waals surface area contributed by atoms with Crippen LogP contribution < -0.4 is 5.32 Å². The maximum Gasteiger partial charge on any atom is 0.305 e. The molecule has 24 heavy (non-hydrogen) atoms. The molecule has 1 unspecified atom stereocenters. The maximum atomic E-state index is 12.3. The van der Waals surface area contributed by atoms with Gasteiger partial charge in [0.05, 0.1) is 18.9 Å². The molecule has 0 fully saturated rings. The van der Waals surface area contributed by atoms with Crippen LogP contribution in [0.5, 0.6) is 0 Å². The molecule has 5 heteroatoms. The van der Waals surface area contributed by atoms with Crippen LogP contribution in [0.25, 0.3) is 0 Å². The molecule has 0 heterocycles. The van der Waals surface area contributed by atoms with Crippen molar-refractivity contribution < 1.29 is 14.7 Å². The molecule has 1 amide bonds. The van der Waals surface area contributed by atoms with Crippen molar-refractivity contribution in [2.45, 2.75) is 30.7 Å². The number of nitrogens with one attached hydrogen (secondary N) is 1. The van der Waals surface area contributed by atoms with Gasteiger partial charge in [-0.2, -0.15) is 0 Å². The van der Waals surface area contributed by atoms with Crippen LogP contribution in [0.2, 0.25) is 0 Å². The average Bonchev–Trinajstić information content (AvgIpc) is 2.56.